The average molecular weight is 200 g/mol. The summed E-state index contributed by atoms with van der Waals surface area (Å²) in [5, 5.41) is 2.58. The van der Waals surface area contributed by atoms with Crippen LogP contribution in [0.2, 0.25) is 0 Å². The van der Waals surface area contributed by atoms with Crippen molar-refractivity contribution in [2.24, 2.45) is 11.8 Å². The molecule has 0 aromatic rings. The summed E-state index contributed by atoms with van der Waals surface area (Å²) in [7, 11) is 2.33. The minimum Gasteiger partial charge on any atom is -0.343 e. The number of hydrogen-bond acceptors (Lipinski definition) is 0. The Morgan fingerprint density at radius 1 is 1.36 bits per heavy atom. The lowest BCUT2D eigenvalue weighted by molar-refractivity contribution is -0.923. The van der Waals surface area contributed by atoms with Gasteiger partial charge in [0.15, 0.2) is 0 Å². The van der Waals surface area contributed by atoms with Gasteiger partial charge in [0.05, 0.1) is 44.6 Å². The first-order valence-corrected chi connectivity index (χ1v) is 6.16. The Labute approximate surface area is 89.1 Å². The quantitative estimate of drug-likeness (QED) is 0.614. The van der Waals surface area contributed by atoms with Gasteiger partial charge in [-0.05, 0) is 6.92 Å². The molecule has 1 unspecified atom stereocenters. The number of piperidine rings is 1. The molecule has 0 amide bonds. The second-order valence-corrected chi connectivity index (χ2v) is 5.69. The molecule has 3 N–H and O–H groups in total. The Balaban J connectivity index is 2.37. The van der Waals surface area contributed by atoms with Crippen molar-refractivity contribution in [3.8, 4) is 0 Å². The Morgan fingerprint density at radius 3 is 2.57 bits per heavy atom. The van der Waals surface area contributed by atoms with Gasteiger partial charge in [-0.2, -0.15) is 0 Å². The topological polar surface area (TPSA) is 21.1 Å². The molecule has 2 heteroatoms. The molecule has 1 fully saturated rings. The van der Waals surface area contributed by atoms with Gasteiger partial charge in [0, 0.05) is 5.92 Å². The third-order valence-corrected chi connectivity index (χ3v) is 3.75. The molecule has 2 nitrogen and oxygen atoms in total. The van der Waals surface area contributed by atoms with Crippen LogP contribution >= 0.6 is 0 Å². The van der Waals surface area contributed by atoms with Crippen LogP contribution in [0, 0.1) is 11.8 Å². The van der Waals surface area contributed by atoms with Crippen LogP contribution in [0.15, 0.2) is 0 Å². The highest BCUT2D eigenvalue weighted by molar-refractivity contribution is 4.70. The molecule has 0 aromatic carbocycles. The maximum Gasteiger partial charge on any atom is 0.0996 e. The summed E-state index contributed by atoms with van der Waals surface area (Å²) >= 11 is 0. The number of likely N-dealkylation sites (tertiary alicyclic amines) is 1. The van der Waals surface area contributed by atoms with E-state index in [0.29, 0.717) is 0 Å². The van der Waals surface area contributed by atoms with Gasteiger partial charge in [0.2, 0.25) is 0 Å². The summed E-state index contributed by atoms with van der Waals surface area (Å²) < 4.78 is 0. The first-order chi connectivity index (χ1) is 6.50. The van der Waals surface area contributed by atoms with Crippen LogP contribution in [-0.4, -0.2) is 32.2 Å². The van der Waals surface area contributed by atoms with Crippen LogP contribution in [0.4, 0.5) is 0 Å². The summed E-state index contributed by atoms with van der Waals surface area (Å²) in [4.78, 5) is 1.71. The highest BCUT2D eigenvalue weighted by Crippen LogP contribution is 2.07. The fourth-order valence-corrected chi connectivity index (χ4v) is 2.48. The van der Waals surface area contributed by atoms with Crippen molar-refractivity contribution in [2.75, 3.05) is 20.1 Å². The van der Waals surface area contributed by atoms with E-state index in [4.69, 9.17) is 0 Å². The van der Waals surface area contributed by atoms with Crippen LogP contribution in [-0.2, 0) is 0 Å². The van der Waals surface area contributed by atoms with Crippen molar-refractivity contribution in [3.63, 3.8) is 0 Å². The normalized spacial score (nSPS) is 39.0. The average Bonchev–Trinajstić information content (AvgIpc) is 2.09. The van der Waals surface area contributed by atoms with E-state index in [9.17, 15) is 0 Å². The number of nitrogens with two attached hydrogens (primary N) is 1. The first kappa shape index (κ1) is 12.0. The number of hydrogen-bond donors (Lipinski definition) is 2. The minimum absolute atomic E-state index is 0.824. The molecule has 84 valence electrons. The van der Waals surface area contributed by atoms with Gasteiger partial charge < -0.3 is 10.2 Å². The van der Waals surface area contributed by atoms with Crippen LogP contribution in [0.1, 0.15) is 34.1 Å². The number of rotatable bonds is 3. The molecule has 0 radical (unpaired) electrons. The highest BCUT2D eigenvalue weighted by Gasteiger charge is 2.34. The molecule has 1 heterocycles. The Kier molecular flexibility index (Phi) is 4.39. The van der Waals surface area contributed by atoms with Crippen LogP contribution in [0.3, 0.4) is 0 Å². The fourth-order valence-electron chi connectivity index (χ4n) is 2.48. The molecule has 4 atom stereocenters. The molecule has 14 heavy (non-hydrogen) atoms. The lowest BCUT2D eigenvalue weighted by Crippen LogP contribution is -3.16. The van der Waals surface area contributed by atoms with E-state index in [0.717, 1.165) is 23.9 Å². The van der Waals surface area contributed by atoms with Crippen molar-refractivity contribution in [1.29, 1.82) is 0 Å². The van der Waals surface area contributed by atoms with E-state index < -0.39 is 0 Å². The second-order valence-electron chi connectivity index (χ2n) is 5.69. The molecule has 0 saturated carbocycles. The lowest BCUT2D eigenvalue weighted by Gasteiger charge is -2.35. The summed E-state index contributed by atoms with van der Waals surface area (Å²) in [5.74, 6) is 1.70. The van der Waals surface area contributed by atoms with Gasteiger partial charge >= 0.3 is 0 Å². The highest BCUT2D eigenvalue weighted by atomic mass is 15.2. The number of nitrogens with one attached hydrogen (secondary N) is 1. The third kappa shape index (κ3) is 3.25. The summed E-state index contributed by atoms with van der Waals surface area (Å²) in [5.41, 5.74) is 0. The van der Waals surface area contributed by atoms with E-state index >= 15 is 0 Å². The largest absolute Gasteiger partial charge is 0.343 e. The zero-order valence-electron chi connectivity index (χ0n) is 10.5. The zero-order valence-corrected chi connectivity index (χ0v) is 10.5. The monoisotopic (exact) mass is 200 g/mol. The molecular formula is C12H28N2+2. The van der Waals surface area contributed by atoms with E-state index in [1.807, 2.05) is 0 Å². The molecule has 1 saturated heterocycles. The fraction of sp³-hybridized carbons (Fsp3) is 1.00. The van der Waals surface area contributed by atoms with Gasteiger partial charge in [-0.15, -0.1) is 0 Å². The van der Waals surface area contributed by atoms with E-state index in [2.05, 4.69) is 40.1 Å². The maximum absolute atomic E-state index is 2.58. The molecule has 0 aliphatic carbocycles. The van der Waals surface area contributed by atoms with Crippen molar-refractivity contribution in [2.45, 2.75) is 46.2 Å². The Bertz CT molecular complexity index is 168. The maximum atomic E-state index is 2.58. The molecule has 0 spiro atoms. The predicted octanol–water partition coefficient (Wildman–Crippen LogP) is -0.483. The SMILES string of the molecule is CC(C)C[NH2+][C@@H]1C[C@H](C)[NH+](C)C[C@H]1C. The summed E-state index contributed by atoms with van der Waals surface area (Å²) in [6, 6.07) is 1.72. The first-order valence-electron chi connectivity index (χ1n) is 6.16. The van der Waals surface area contributed by atoms with E-state index in [1.54, 1.807) is 4.90 Å². The predicted molar refractivity (Wildman–Crippen MR) is 60.4 cm³/mol. The van der Waals surface area contributed by atoms with Crippen LogP contribution in [0.25, 0.3) is 0 Å². The molecule has 0 bridgehead atoms. The van der Waals surface area contributed by atoms with Gasteiger partial charge in [-0.3, -0.25) is 0 Å². The molecular weight excluding hydrogens is 172 g/mol. The molecule has 0 aromatic heterocycles. The second kappa shape index (κ2) is 5.13. The van der Waals surface area contributed by atoms with Crippen molar-refractivity contribution >= 4 is 0 Å². The van der Waals surface area contributed by atoms with Crippen molar-refractivity contribution in [1.82, 2.24) is 0 Å². The van der Waals surface area contributed by atoms with E-state index in [-0.39, 0.29) is 0 Å². The van der Waals surface area contributed by atoms with Crippen LogP contribution < -0.4 is 10.2 Å². The molecule has 1 aliphatic rings. The number of quaternary nitrogens is 2. The van der Waals surface area contributed by atoms with Gasteiger partial charge in [0.1, 0.15) is 0 Å². The lowest BCUT2D eigenvalue weighted by atomic mass is 9.89. The van der Waals surface area contributed by atoms with Gasteiger partial charge in [-0.1, -0.05) is 20.8 Å². The minimum atomic E-state index is 0.824. The standard InChI is InChI=1S/C12H26N2/c1-9(2)7-13-12-6-11(4)14(5)8-10(12)3/h9-13H,6-8H2,1-5H3/p+2/t10-,11+,12-/m1/s1. The molecule has 1 aliphatic heterocycles. The summed E-state index contributed by atoms with van der Waals surface area (Å²) in [6.45, 7) is 12.1. The van der Waals surface area contributed by atoms with E-state index in [1.165, 1.54) is 19.5 Å². The third-order valence-electron chi connectivity index (χ3n) is 3.75. The molecule has 1 rings (SSSR count). The smallest absolute Gasteiger partial charge is 0.0996 e. The van der Waals surface area contributed by atoms with Crippen molar-refractivity contribution < 1.29 is 10.2 Å². The zero-order chi connectivity index (χ0) is 10.7. The Morgan fingerprint density at radius 2 is 2.00 bits per heavy atom. The van der Waals surface area contributed by atoms with Gasteiger partial charge in [0.25, 0.3) is 0 Å². The Hall–Kier alpha value is -0.0800. The van der Waals surface area contributed by atoms with Gasteiger partial charge in [-0.25, -0.2) is 0 Å². The van der Waals surface area contributed by atoms with Crippen LogP contribution in [0.5, 0.6) is 0 Å². The summed E-state index contributed by atoms with van der Waals surface area (Å²) in [6.07, 6.45) is 1.39. The van der Waals surface area contributed by atoms with Crippen molar-refractivity contribution in [3.05, 3.63) is 0 Å².